The summed E-state index contributed by atoms with van der Waals surface area (Å²) >= 11 is 0. The predicted octanol–water partition coefficient (Wildman–Crippen LogP) is 3.74. The summed E-state index contributed by atoms with van der Waals surface area (Å²) in [5, 5.41) is 3.46. The summed E-state index contributed by atoms with van der Waals surface area (Å²) in [4.78, 5) is 0. The summed E-state index contributed by atoms with van der Waals surface area (Å²) < 4.78 is 15.2. The monoisotopic (exact) mass is 260 g/mol. The Morgan fingerprint density at radius 2 is 2.11 bits per heavy atom. The third kappa shape index (κ3) is 3.67. The summed E-state index contributed by atoms with van der Waals surface area (Å²) in [6, 6.07) is 9.30. The van der Waals surface area contributed by atoms with E-state index in [-0.39, 0.29) is 5.82 Å². The van der Waals surface area contributed by atoms with Crippen LogP contribution in [0.1, 0.15) is 37.4 Å². The zero-order valence-electron chi connectivity index (χ0n) is 11.6. The molecule has 0 fully saturated rings. The third-order valence-corrected chi connectivity index (χ3v) is 3.29. The van der Waals surface area contributed by atoms with Gasteiger partial charge in [0.1, 0.15) is 5.82 Å². The van der Waals surface area contributed by atoms with E-state index in [1.807, 2.05) is 6.07 Å². The molecule has 1 atom stereocenters. The van der Waals surface area contributed by atoms with Crippen molar-refractivity contribution < 1.29 is 4.39 Å². The zero-order chi connectivity index (χ0) is 13.7. The van der Waals surface area contributed by atoms with Gasteiger partial charge in [0, 0.05) is 25.0 Å². The van der Waals surface area contributed by atoms with Gasteiger partial charge >= 0.3 is 0 Å². The molecular formula is C16H21FN2. The molecule has 0 saturated heterocycles. The number of benzene rings is 1. The Morgan fingerprint density at radius 3 is 2.79 bits per heavy atom. The lowest BCUT2D eigenvalue weighted by Gasteiger charge is -2.14. The van der Waals surface area contributed by atoms with Gasteiger partial charge in [-0.15, -0.1) is 0 Å². The fourth-order valence-corrected chi connectivity index (χ4v) is 2.35. The Balaban J connectivity index is 2.08. The van der Waals surface area contributed by atoms with Crippen LogP contribution in [0.2, 0.25) is 0 Å². The summed E-state index contributed by atoms with van der Waals surface area (Å²) in [7, 11) is 0. The summed E-state index contributed by atoms with van der Waals surface area (Å²) in [5.41, 5.74) is 2.28. The van der Waals surface area contributed by atoms with Gasteiger partial charge in [0.2, 0.25) is 0 Å². The molecule has 19 heavy (non-hydrogen) atoms. The van der Waals surface area contributed by atoms with Crippen LogP contribution in [-0.4, -0.2) is 11.1 Å². The summed E-state index contributed by atoms with van der Waals surface area (Å²) in [6.07, 6.45) is 5.26. The van der Waals surface area contributed by atoms with E-state index in [0.717, 1.165) is 18.5 Å². The molecule has 1 N–H and O–H groups in total. The molecule has 1 aromatic heterocycles. The highest BCUT2D eigenvalue weighted by atomic mass is 19.1. The number of rotatable bonds is 6. The molecule has 102 valence electrons. The molecule has 2 aromatic rings. The van der Waals surface area contributed by atoms with E-state index < -0.39 is 0 Å². The standard InChI is InChI=1S/C16H21FN2/c1-3-16(18-4-2)14-8-9-19(12-14)11-13-6-5-7-15(17)10-13/h5-10,12,16,18H,3-4,11H2,1-2H3. The van der Waals surface area contributed by atoms with Crippen LogP contribution in [-0.2, 0) is 6.54 Å². The molecule has 0 spiro atoms. The van der Waals surface area contributed by atoms with Crippen LogP contribution in [0.3, 0.4) is 0 Å². The first kappa shape index (κ1) is 13.8. The molecule has 1 heterocycles. The van der Waals surface area contributed by atoms with Crippen LogP contribution in [0, 0.1) is 5.82 Å². The lowest BCUT2D eigenvalue weighted by Crippen LogP contribution is -2.19. The highest BCUT2D eigenvalue weighted by Gasteiger charge is 2.09. The molecule has 0 aliphatic carbocycles. The van der Waals surface area contributed by atoms with Gasteiger partial charge < -0.3 is 9.88 Å². The third-order valence-electron chi connectivity index (χ3n) is 3.29. The molecule has 0 amide bonds. The van der Waals surface area contributed by atoms with Gasteiger partial charge in [0.25, 0.3) is 0 Å². The van der Waals surface area contributed by atoms with Gasteiger partial charge in [0.05, 0.1) is 0 Å². The van der Waals surface area contributed by atoms with Crippen molar-refractivity contribution in [2.45, 2.75) is 32.9 Å². The maximum absolute atomic E-state index is 13.1. The maximum Gasteiger partial charge on any atom is 0.123 e. The second-order valence-corrected chi connectivity index (χ2v) is 4.77. The maximum atomic E-state index is 13.1. The molecule has 1 unspecified atom stereocenters. The van der Waals surface area contributed by atoms with Crippen LogP contribution in [0.25, 0.3) is 0 Å². The quantitative estimate of drug-likeness (QED) is 0.837. The zero-order valence-corrected chi connectivity index (χ0v) is 11.6. The molecule has 2 rings (SSSR count). The van der Waals surface area contributed by atoms with Gasteiger partial charge in [-0.1, -0.05) is 26.0 Å². The van der Waals surface area contributed by atoms with Gasteiger partial charge in [-0.05, 0) is 42.3 Å². The average molecular weight is 260 g/mol. The Kier molecular flexibility index (Phi) is 4.74. The fourth-order valence-electron chi connectivity index (χ4n) is 2.35. The Bertz CT molecular complexity index is 519. The Labute approximate surface area is 114 Å². The smallest absolute Gasteiger partial charge is 0.123 e. The molecule has 1 aromatic carbocycles. The molecule has 0 aliphatic rings. The Morgan fingerprint density at radius 1 is 1.26 bits per heavy atom. The van der Waals surface area contributed by atoms with E-state index >= 15 is 0 Å². The molecule has 3 heteroatoms. The van der Waals surface area contributed by atoms with Crippen LogP contribution in [0.15, 0.2) is 42.7 Å². The second kappa shape index (κ2) is 6.53. The number of nitrogens with zero attached hydrogens (tertiary/aromatic N) is 1. The normalized spacial score (nSPS) is 12.6. The van der Waals surface area contributed by atoms with Crippen molar-refractivity contribution in [3.05, 3.63) is 59.7 Å². The van der Waals surface area contributed by atoms with Gasteiger partial charge in [-0.2, -0.15) is 0 Å². The second-order valence-electron chi connectivity index (χ2n) is 4.77. The van der Waals surface area contributed by atoms with Crippen LogP contribution in [0.4, 0.5) is 4.39 Å². The minimum Gasteiger partial charge on any atom is -0.350 e. The molecule has 0 saturated carbocycles. The van der Waals surface area contributed by atoms with Crippen molar-refractivity contribution in [3.8, 4) is 0 Å². The van der Waals surface area contributed by atoms with Crippen LogP contribution in [0.5, 0.6) is 0 Å². The molecule has 0 bridgehead atoms. The first-order valence-corrected chi connectivity index (χ1v) is 6.86. The van der Waals surface area contributed by atoms with Crippen LogP contribution < -0.4 is 5.32 Å². The van der Waals surface area contributed by atoms with Crippen molar-refractivity contribution in [2.75, 3.05) is 6.54 Å². The summed E-state index contributed by atoms with van der Waals surface area (Å²) in [5.74, 6) is -0.177. The minimum atomic E-state index is -0.177. The van der Waals surface area contributed by atoms with E-state index in [1.165, 1.54) is 11.6 Å². The van der Waals surface area contributed by atoms with E-state index in [4.69, 9.17) is 0 Å². The number of halogens is 1. The van der Waals surface area contributed by atoms with Crippen molar-refractivity contribution in [1.29, 1.82) is 0 Å². The van der Waals surface area contributed by atoms with Gasteiger partial charge in [-0.25, -0.2) is 4.39 Å². The van der Waals surface area contributed by atoms with Crippen molar-refractivity contribution in [2.24, 2.45) is 0 Å². The van der Waals surface area contributed by atoms with E-state index in [0.29, 0.717) is 12.6 Å². The highest BCUT2D eigenvalue weighted by Crippen LogP contribution is 2.17. The lowest BCUT2D eigenvalue weighted by atomic mass is 10.1. The molecule has 0 aliphatic heterocycles. The van der Waals surface area contributed by atoms with Crippen molar-refractivity contribution in [3.63, 3.8) is 0 Å². The van der Waals surface area contributed by atoms with Crippen molar-refractivity contribution in [1.82, 2.24) is 9.88 Å². The molecular weight excluding hydrogens is 239 g/mol. The van der Waals surface area contributed by atoms with E-state index in [1.54, 1.807) is 12.1 Å². The number of hydrogen-bond donors (Lipinski definition) is 1. The van der Waals surface area contributed by atoms with E-state index in [2.05, 4.69) is 42.2 Å². The van der Waals surface area contributed by atoms with E-state index in [9.17, 15) is 4.39 Å². The lowest BCUT2D eigenvalue weighted by molar-refractivity contribution is 0.536. The predicted molar refractivity (Wildman–Crippen MR) is 76.6 cm³/mol. The number of aromatic nitrogens is 1. The van der Waals surface area contributed by atoms with Gasteiger partial charge in [0.15, 0.2) is 0 Å². The van der Waals surface area contributed by atoms with Gasteiger partial charge in [-0.3, -0.25) is 0 Å². The topological polar surface area (TPSA) is 17.0 Å². The summed E-state index contributed by atoms with van der Waals surface area (Å²) in [6.45, 7) is 5.97. The largest absolute Gasteiger partial charge is 0.350 e. The SMILES string of the molecule is CCNC(CC)c1ccn(Cc2cccc(F)c2)c1. The fraction of sp³-hybridized carbons (Fsp3) is 0.375. The number of hydrogen-bond acceptors (Lipinski definition) is 1. The molecule has 2 nitrogen and oxygen atoms in total. The first-order chi connectivity index (χ1) is 9.22. The Hall–Kier alpha value is -1.61. The van der Waals surface area contributed by atoms with Crippen molar-refractivity contribution >= 4 is 0 Å². The first-order valence-electron chi connectivity index (χ1n) is 6.86. The average Bonchev–Trinajstić information content (AvgIpc) is 2.84. The van der Waals surface area contributed by atoms with Crippen LogP contribution >= 0.6 is 0 Å². The highest BCUT2D eigenvalue weighted by molar-refractivity contribution is 5.20. The minimum absolute atomic E-state index is 0.177. The molecule has 0 radical (unpaired) electrons. The number of nitrogens with one attached hydrogen (secondary N) is 1.